The summed E-state index contributed by atoms with van der Waals surface area (Å²) in [6, 6.07) is 16.7. The molecule has 1 aliphatic rings. The number of aryl methyl sites for hydroxylation is 1. The van der Waals surface area contributed by atoms with Gasteiger partial charge in [0.05, 0.1) is 17.2 Å². The number of carbonyl (C=O) groups is 3. The third-order valence-electron chi connectivity index (χ3n) is 5.17. The fourth-order valence-electron chi connectivity index (χ4n) is 3.52. The molecule has 1 aliphatic heterocycles. The van der Waals surface area contributed by atoms with Crippen LogP contribution in [0.2, 0.25) is 0 Å². The number of furan rings is 1. The largest absolute Gasteiger partial charge is 0.478 e. The summed E-state index contributed by atoms with van der Waals surface area (Å²) in [6.45, 7) is 3.67. The molecule has 1 unspecified atom stereocenters. The van der Waals surface area contributed by atoms with Crippen LogP contribution < -0.4 is 10.3 Å². The Hall–Kier alpha value is -4.20. The molecule has 2 N–H and O–H groups in total. The van der Waals surface area contributed by atoms with E-state index in [1.165, 1.54) is 17.1 Å². The molecule has 8 nitrogen and oxygen atoms in total. The molecule has 0 saturated carbocycles. The van der Waals surface area contributed by atoms with E-state index in [0.29, 0.717) is 22.8 Å². The Morgan fingerprint density at radius 2 is 1.88 bits per heavy atom. The molecule has 8 heteroatoms. The first-order valence-electron chi connectivity index (χ1n) is 10.0. The zero-order valence-corrected chi connectivity index (χ0v) is 17.5. The highest BCUT2D eigenvalue weighted by molar-refractivity contribution is 6.15. The van der Waals surface area contributed by atoms with Crippen molar-refractivity contribution in [1.82, 2.24) is 0 Å². The number of nitrogens with zero attached hydrogens (tertiary/aromatic N) is 2. The van der Waals surface area contributed by atoms with Crippen LogP contribution in [-0.2, 0) is 11.2 Å². The summed E-state index contributed by atoms with van der Waals surface area (Å²) in [4.78, 5) is 36.7. The first-order chi connectivity index (χ1) is 15.3. The molecule has 2 amide bonds. The summed E-state index contributed by atoms with van der Waals surface area (Å²) >= 11 is 0. The highest BCUT2D eigenvalue weighted by atomic mass is 16.4. The van der Waals surface area contributed by atoms with Gasteiger partial charge in [0.25, 0.3) is 11.8 Å². The summed E-state index contributed by atoms with van der Waals surface area (Å²) in [5.74, 6) is -1.68. The fraction of sp³-hybridized carbons (Fsp3) is 0.167. The fourth-order valence-corrected chi connectivity index (χ4v) is 3.52. The highest BCUT2D eigenvalue weighted by Crippen LogP contribution is 2.27. The van der Waals surface area contributed by atoms with Crippen molar-refractivity contribution in [3.05, 3.63) is 83.3 Å². The molecule has 0 spiro atoms. The SMILES string of the molecule is CC1=NN(c2cccc(C(=O)O)c2)C(=O)C1Cc1ccc(C(=O)Nc2cccc(C)c2)o1. The minimum Gasteiger partial charge on any atom is -0.478 e. The summed E-state index contributed by atoms with van der Waals surface area (Å²) in [6.07, 6.45) is 0.237. The number of hydrogen-bond donors (Lipinski definition) is 2. The topological polar surface area (TPSA) is 112 Å². The van der Waals surface area contributed by atoms with E-state index < -0.39 is 11.9 Å². The molecule has 0 fully saturated rings. The third kappa shape index (κ3) is 4.29. The molecule has 162 valence electrons. The number of amides is 2. The lowest BCUT2D eigenvalue weighted by molar-refractivity contribution is -0.119. The Morgan fingerprint density at radius 1 is 1.09 bits per heavy atom. The summed E-state index contributed by atoms with van der Waals surface area (Å²) in [5, 5.41) is 17.5. The van der Waals surface area contributed by atoms with Crippen molar-refractivity contribution >= 4 is 34.9 Å². The number of carboxylic acids is 1. The van der Waals surface area contributed by atoms with Gasteiger partial charge >= 0.3 is 5.97 Å². The predicted molar refractivity (Wildman–Crippen MR) is 119 cm³/mol. The van der Waals surface area contributed by atoms with Gasteiger partial charge in [-0.15, -0.1) is 0 Å². The molecule has 0 bridgehead atoms. The van der Waals surface area contributed by atoms with Gasteiger partial charge < -0.3 is 14.8 Å². The van der Waals surface area contributed by atoms with Crippen LogP contribution in [0.4, 0.5) is 11.4 Å². The van der Waals surface area contributed by atoms with Crippen molar-refractivity contribution in [1.29, 1.82) is 0 Å². The van der Waals surface area contributed by atoms with E-state index in [4.69, 9.17) is 4.42 Å². The minimum atomic E-state index is -1.08. The van der Waals surface area contributed by atoms with Crippen molar-refractivity contribution in [3.8, 4) is 0 Å². The standard InChI is InChI=1S/C24H21N3O5/c1-14-5-3-7-17(11-14)25-22(28)21-10-9-19(32-21)13-20-15(2)26-27(23(20)29)18-8-4-6-16(12-18)24(30)31/h3-12,20H,13H2,1-2H3,(H,25,28)(H,30,31). The highest BCUT2D eigenvalue weighted by Gasteiger charge is 2.35. The van der Waals surface area contributed by atoms with Crippen molar-refractivity contribution in [2.24, 2.45) is 11.0 Å². The Labute approximate surface area is 184 Å². The first kappa shape index (κ1) is 21.0. The van der Waals surface area contributed by atoms with E-state index in [2.05, 4.69) is 10.4 Å². The number of hydrazone groups is 1. The predicted octanol–water partition coefficient (Wildman–Crippen LogP) is 4.12. The number of hydrogen-bond acceptors (Lipinski definition) is 5. The molecular formula is C24H21N3O5. The van der Waals surface area contributed by atoms with Gasteiger partial charge in [-0.25, -0.2) is 9.80 Å². The lowest BCUT2D eigenvalue weighted by atomic mass is 9.99. The van der Waals surface area contributed by atoms with E-state index in [1.807, 2.05) is 25.1 Å². The third-order valence-corrected chi connectivity index (χ3v) is 5.17. The van der Waals surface area contributed by atoms with Crippen LogP contribution in [-0.4, -0.2) is 28.6 Å². The molecule has 0 saturated heterocycles. The zero-order chi connectivity index (χ0) is 22.8. The number of aromatic carboxylic acids is 1. The van der Waals surface area contributed by atoms with Gasteiger partial charge in [-0.3, -0.25) is 9.59 Å². The molecule has 0 aliphatic carbocycles. The normalized spacial score (nSPS) is 15.6. The Bertz CT molecular complexity index is 1240. The number of carboxylic acid groups (broad SMARTS) is 1. The van der Waals surface area contributed by atoms with Gasteiger partial charge in [0.15, 0.2) is 5.76 Å². The van der Waals surface area contributed by atoms with Crippen molar-refractivity contribution in [2.75, 3.05) is 10.3 Å². The number of rotatable bonds is 6. The lowest BCUT2D eigenvalue weighted by Gasteiger charge is -2.14. The molecule has 3 aromatic rings. The Balaban J connectivity index is 1.46. The average Bonchev–Trinajstić information content (AvgIpc) is 3.34. The van der Waals surface area contributed by atoms with Crippen molar-refractivity contribution in [3.63, 3.8) is 0 Å². The van der Waals surface area contributed by atoms with E-state index in [0.717, 1.165) is 5.56 Å². The summed E-state index contributed by atoms with van der Waals surface area (Å²) < 4.78 is 5.68. The van der Waals surface area contributed by atoms with Gasteiger partial charge in [-0.2, -0.15) is 5.10 Å². The molecular weight excluding hydrogens is 410 g/mol. The van der Waals surface area contributed by atoms with Gasteiger partial charge in [-0.1, -0.05) is 18.2 Å². The molecule has 1 atom stereocenters. The van der Waals surface area contributed by atoms with Crippen molar-refractivity contribution in [2.45, 2.75) is 20.3 Å². The second-order valence-electron chi connectivity index (χ2n) is 7.59. The molecule has 2 aromatic carbocycles. The van der Waals surface area contributed by atoms with Crippen LogP contribution in [0.25, 0.3) is 0 Å². The molecule has 0 radical (unpaired) electrons. The number of nitrogens with one attached hydrogen (secondary N) is 1. The van der Waals surface area contributed by atoms with Gasteiger partial charge in [-0.05, 0) is 61.9 Å². The second-order valence-corrected chi connectivity index (χ2v) is 7.59. The van der Waals surface area contributed by atoms with Gasteiger partial charge in [0.2, 0.25) is 0 Å². The van der Waals surface area contributed by atoms with Crippen LogP contribution in [0.5, 0.6) is 0 Å². The van der Waals surface area contributed by atoms with Crippen molar-refractivity contribution < 1.29 is 23.9 Å². The maximum absolute atomic E-state index is 13.0. The van der Waals surface area contributed by atoms with E-state index in [9.17, 15) is 19.5 Å². The zero-order valence-electron chi connectivity index (χ0n) is 17.5. The molecule has 32 heavy (non-hydrogen) atoms. The van der Waals surface area contributed by atoms with Gasteiger partial charge in [0.1, 0.15) is 5.76 Å². The van der Waals surface area contributed by atoms with Gasteiger partial charge in [0, 0.05) is 17.8 Å². The number of carbonyl (C=O) groups excluding carboxylic acids is 2. The molecule has 4 rings (SSSR count). The minimum absolute atomic E-state index is 0.0712. The lowest BCUT2D eigenvalue weighted by Crippen LogP contribution is -2.28. The van der Waals surface area contributed by atoms with Crippen LogP contribution >= 0.6 is 0 Å². The summed E-state index contributed by atoms with van der Waals surface area (Å²) in [5.41, 5.74) is 2.73. The Morgan fingerprint density at radius 3 is 2.62 bits per heavy atom. The van der Waals surface area contributed by atoms with E-state index in [-0.39, 0.29) is 29.6 Å². The maximum atomic E-state index is 13.0. The monoisotopic (exact) mass is 431 g/mol. The number of anilines is 2. The Kier molecular flexibility index (Phi) is 5.59. The molecule has 1 aromatic heterocycles. The van der Waals surface area contributed by atoms with E-state index in [1.54, 1.807) is 37.3 Å². The second kappa shape index (κ2) is 8.50. The number of benzene rings is 2. The van der Waals surface area contributed by atoms with Crippen LogP contribution in [0, 0.1) is 12.8 Å². The van der Waals surface area contributed by atoms with E-state index >= 15 is 0 Å². The first-order valence-corrected chi connectivity index (χ1v) is 10.0. The average molecular weight is 431 g/mol. The quantitative estimate of drug-likeness (QED) is 0.610. The smallest absolute Gasteiger partial charge is 0.335 e. The molecule has 2 heterocycles. The maximum Gasteiger partial charge on any atom is 0.335 e. The summed E-state index contributed by atoms with van der Waals surface area (Å²) in [7, 11) is 0. The van der Waals surface area contributed by atoms with Crippen LogP contribution in [0.1, 0.15) is 39.2 Å². The van der Waals surface area contributed by atoms with Crippen LogP contribution in [0.15, 0.2) is 70.2 Å². The van der Waals surface area contributed by atoms with Crippen LogP contribution in [0.3, 0.4) is 0 Å².